The third-order valence-corrected chi connectivity index (χ3v) is 7.45. The summed E-state index contributed by atoms with van der Waals surface area (Å²) in [7, 11) is -3.02. The first-order chi connectivity index (χ1) is 15.1. The molecule has 32 heavy (non-hydrogen) atoms. The van der Waals surface area contributed by atoms with Crippen LogP contribution in [0.2, 0.25) is 0 Å². The van der Waals surface area contributed by atoms with Crippen LogP contribution in [0, 0.1) is 0 Å². The van der Waals surface area contributed by atoms with Gasteiger partial charge in [-0.05, 0) is 25.8 Å². The maximum atomic E-state index is 12.1. The molecule has 6 N–H and O–H groups in total. The number of rotatable bonds is 7. The van der Waals surface area contributed by atoms with Crippen LogP contribution in [-0.2, 0) is 30.8 Å². The number of aromatic nitrogens is 3. The molecule has 12 nitrogen and oxygen atoms in total. The summed E-state index contributed by atoms with van der Waals surface area (Å²) in [6.45, 7) is 2.56. The molecule has 4 rings (SSSR count). The highest BCUT2D eigenvalue weighted by molar-refractivity contribution is 7.91. The highest BCUT2D eigenvalue weighted by atomic mass is 32.2. The molecule has 0 aliphatic carbocycles. The Balaban J connectivity index is 1.78. The van der Waals surface area contributed by atoms with Gasteiger partial charge in [0.1, 0.15) is 9.84 Å². The Morgan fingerprint density at radius 3 is 2.66 bits per heavy atom. The number of primary amides is 2. The fourth-order valence-electron chi connectivity index (χ4n) is 3.98. The summed E-state index contributed by atoms with van der Waals surface area (Å²) in [5, 5.41) is 8.54. The van der Waals surface area contributed by atoms with Crippen molar-refractivity contribution in [3.05, 3.63) is 24.0 Å². The molecule has 2 amide bonds. The van der Waals surface area contributed by atoms with Crippen molar-refractivity contribution in [1.29, 1.82) is 0 Å². The summed E-state index contributed by atoms with van der Waals surface area (Å²) in [5.74, 6) is -1.40. The Morgan fingerprint density at radius 1 is 1.31 bits per heavy atom. The number of aryl methyl sites for hydroxylation is 1. The number of sulfone groups is 1. The van der Waals surface area contributed by atoms with Gasteiger partial charge in [0.25, 0.3) is 5.91 Å². The first-order valence-corrected chi connectivity index (χ1v) is 12.0. The molecule has 13 heteroatoms. The fraction of sp³-hybridized carbons (Fsp3) is 0.474. The minimum Gasteiger partial charge on any atom is -0.381 e. The summed E-state index contributed by atoms with van der Waals surface area (Å²) in [6, 6.07) is -0.0812. The van der Waals surface area contributed by atoms with E-state index in [1.165, 1.54) is 6.08 Å². The zero-order valence-corrected chi connectivity index (χ0v) is 18.3. The Hall–Kier alpha value is -3.19. The molecule has 2 aromatic rings. The molecule has 0 bridgehead atoms. The van der Waals surface area contributed by atoms with Gasteiger partial charge >= 0.3 is 0 Å². The van der Waals surface area contributed by atoms with Crippen LogP contribution in [0.4, 0.5) is 5.69 Å². The van der Waals surface area contributed by atoms with Gasteiger partial charge in [-0.25, -0.2) is 18.1 Å². The number of hydrogen-bond donors (Lipinski definition) is 4. The molecule has 1 fully saturated rings. The molecule has 2 aromatic heterocycles. The molecule has 1 atom stereocenters. The second-order valence-electron chi connectivity index (χ2n) is 7.97. The minimum absolute atomic E-state index is 0.0812. The van der Waals surface area contributed by atoms with Crippen molar-refractivity contribution in [3.8, 4) is 0 Å². The fourth-order valence-corrected chi connectivity index (χ4v) is 5.47. The van der Waals surface area contributed by atoms with Gasteiger partial charge in [0, 0.05) is 24.3 Å². The molecule has 0 spiro atoms. The Kier molecular flexibility index (Phi) is 5.54. The van der Waals surface area contributed by atoms with Gasteiger partial charge in [0.05, 0.1) is 40.9 Å². The van der Waals surface area contributed by atoms with Gasteiger partial charge in [-0.1, -0.05) is 0 Å². The highest BCUT2D eigenvalue weighted by Gasteiger charge is 2.43. The number of anilines is 1. The standard InChI is InChI=1S/C19H25N7O5S/c1-2-26-17-13(10-23-26)16(24-11-3-5-32(29,30)6-4-11)12(9-22-17)14-7-19(18(21)28,31-25-14)8-15(20)27/h7,9-11,25H,2-6,8H2,1H3,(H2,20,27)(H2,21,28)(H,22,24). The van der Waals surface area contributed by atoms with Crippen LogP contribution in [0.15, 0.2) is 18.5 Å². The van der Waals surface area contributed by atoms with Crippen LogP contribution in [0.1, 0.15) is 31.7 Å². The summed E-state index contributed by atoms with van der Waals surface area (Å²) in [5.41, 5.74) is 14.0. The van der Waals surface area contributed by atoms with Gasteiger partial charge < -0.3 is 16.8 Å². The maximum Gasteiger partial charge on any atom is 0.257 e. The summed E-state index contributed by atoms with van der Waals surface area (Å²) in [4.78, 5) is 33.5. The van der Waals surface area contributed by atoms with Gasteiger partial charge in [-0.2, -0.15) is 5.10 Å². The van der Waals surface area contributed by atoms with Crippen LogP contribution in [0.5, 0.6) is 0 Å². The van der Waals surface area contributed by atoms with E-state index >= 15 is 0 Å². The highest BCUT2D eigenvalue weighted by Crippen LogP contribution is 2.36. The monoisotopic (exact) mass is 463 g/mol. The van der Waals surface area contributed by atoms with E-state index in [9.17, 15) is 18.0 Å². The molecule has 1 saturated heterocycles. The molecule has 2 aliphatic heterocycles. The topological polar surface area (TPSA) is 184 Å². The lowest BCUT2D eigenvalue weighted by Gasteiger charge is -2.25. The van der Waals surface area contributed by atoms with Gasteiger partial charge in [0.15, 0.2) is 5.65 Å². The van der Waals surface area contributed by atoms with Gasteiger partial charge in [-0.3, -0.25) is 19.9 Å². The third kappa shape index (κ3) is 4.00. The number of nitrogens with zero attached hydrogens (tertiary/aromatic N) is 3. The smallest absolute Gasteiger partial charge is 0.257 e. The van der Waals surface area contributed by atoms with Crippen molar-refractivity contribution in [2.45, 2.75) is 44.4 Å². The number of amides is 2. The maximum absolute atomic E-state index is 12.1. The first kappa shape index (κ1) is 22.0. The lowest BCUT2D eigenvalue weighted by atomic mass is 9.96. The van der Waals surface area contributed by atoms with Crippen molar-refractivity contribution in [1.82, 2.24) is 20.2 Å². The predicted octanol–water partition coefficient (Wildman–Crippen LogP) is -0.584. The molecule has 1 unspecified atom stereocenters. The summed E-state index contributed by atoms with van der Waals surface area (Å²) < 4.78 is 25.4. The van der Waals surface area contributed by atoms with Crippen molar-refractivity contribution in [2.24, 2.45) is 11.5 Å². The number of hydrogen-bond acceptors (Lipinski definition) is 9. The Bertz CT molecular complexity index is 1210. The molecule has 0 aromatic carbocycles. The molecular weight excluding hydrogens is 438 g/mol. The molecular formula is C19H25N7O5S. The van der Waals surface area contributed by atoms with Crippen molar-refractivity contribution in [2.75, 3.05) is 16.8 Å². The molecule has 2 aliphatic rings. The van der Waals surface area contributed by atoms with Gasteiger partial charge in [-0.15, -0.1) is 0 Å². The normalized spacial score (nSPS) is 23.0. The van der Waals surface area contributed by atoms with E-state index in [0.717, 1.165) is 5.39 Å². The SMILES string of the molecule is CCn1ncc2c(NC3CCS(=O)(=O)CC3)c(C3=CC(CC(N)=O)(C(N)=O)ON3)cnc21. The zero-order valence-electron chi connectivity index (χ0n) is 17.5. The quantitative estimate of drug-likeness (QED) is 0.417. The lowest BCUT2D eigenvalue weighted by Crippen LogP contribution is -2.46. The van der Waals surface area contributed by atoms with Crippen molar-refractivity contribution >= 4 is 44.1 Å². The van der Waals surface area contributed by atoms with E-state index in [2.05, 4.69) is 20.9 Å². The molecule has 172 valence electrons. The van der Waals surface area contributed by atoms with Crippen LogP contribution < -0.4 is 22.3 Å². The number of nitrogens with one attached hydrogen (secondary N) is 2. The molecule has 0 saturated carbocycles. The van der Waals surface area contributed by atoms with Crippen LogP contribution in [0.3, 0.4) is 0 Å². The average molecular weight is 464 g/mol. The van der Waals surface area contributed by atoms with E-state index in [0.29, 0.717) is 42.0 Å². The van der Waals surface area contributed by atoms with E-state index < -0.39 is 33.7 Å². The zero-order chi connectivity index (χ0) is 23.1. The molecule has 0 radical (unpaired) electrons. The third-order valence-electron chi connectivity index (χ3n) is 5.73. The summed E-state index contributed by atoms with van der Waals surface area (Å²) in [6.07, 6.45) is 5.20. The van der Waals surface area contributed by atoms with Crippen molar-refractivity contribution in [3.63, 3.8) is 0 Å². The van der Waals surface area contributed by atoms with E-state index in [1.54, 1.807) is 17.1 Å². The number of carbonyl (C=O) groups is 2. The number of nitrogens with two attached hydrogens (primary N) is 2. The van der Waals surface area contributed by atoms with E-state index in [1.807, 2.05) is 6.92 Å². The summed E-state index contributed by atoms with van der Waals surface area (Å²) >= 11 is 0. The second kappa shape index (κ2) is 8.06. The number of fused-ring (bicyclic) bond motifs is 1. The van der Waals surface area contributed by atoms with Gasteiger partial charge in [0.2, 0.25) is 11.5 Å². The Morgan fingerprint density at radius 2 is 2.03 bits per heavy atom. The van der Waals surface area contributed by atoms with Crippen LogP contribution >= 0.6 is 0 Å². The lowest BCUT2D eigenvalue weighted by molar-refractivity contribution is -0.145. The van der Waals surface area contributed by atoms with E-state index in [4.69, 9.17) is 16.3 Å². The number of carbonyl (C=O) groups excluding carboxylic acids is 2. The molecule has 4 heterocycles. The minimum atomic E-state index is -3.02. The number of hydroxylamine groups is 1. The second-order valence-corrected chi connectivity index (χ2v) is 10.3. The van der Waals surface area contributed by atoms with Crippen molar-refractivity contribution < 1.29 is 22.8 Å². The average Bonchev–Trinajstić information content (AvgIpc) is 3.34. The number of pyridine rings is 1. The van der Waals surface area contributed by atoms with E-state index in [-0.39, 0.29) is 17.5 Å². The van der Waals surface area contributed by atoms with Crippen LogP contribution in [0.25, 0.3) is 16.7 Å². The Labute approximate surface area is 184 Å². The predicted molar refractivity (Wildman–Crippen MR) is 116 cm³/mol. The first-order valence-electron chi connectivity index (χ1n) is 10.2. The van der Waals surface area contributed by atoms with Crippen LogP contribution in [-0.4, -0.2) is 58.1 Å². The largest absolute Gasteiger partial charge is 0.381 e.